The van der Waals surface area contributed by atoms with Gasteiger partial charge in [0.05, 0.1) is 4.92 Å². The molecule has 0 aliphatic heterocycles. The van der Waals surface area contributed by atoms with E-state index in [4.69, 9.17) is 5.73 Å². The number of benzene rings is 1. The Morgan fingerprint density at radius 1 is 1.53 bits per heavy atom. The van der Waals surface area contributed by atoms with Crippen LogP contribution in [0.15, 0.2) is 16.6 Å². The summed E-state index contributed by atoms with van der Waals surface area (Å²) in [5.41, 5.74) is 5.07. The smallest absolute Gasteiger partial charge is 0.312 e. The zero-order chi connectivity index (χ0) is 14.1. The Labute approximate surface area is 125 Å². The van der Waals surface area contributed by atoms with Gasteiger partial charge in [0.1, 0.15) is 0 Å². The molecule has 4 N–H and O–H groups in total. The van der Waals surface area contributed by atoms with Crippen LogP contribution in [0.5, 0.6) is 5.75 Å². The Balaban J connectivity index is 0.00000324. The molecule has 0 fully saturated rings. The maximum absolute atomic E-state index is 10.8. The number of nitrogens with zero attached hydrogens (tertiary/aromatic N) is 1. The van der Waals surface area contributed by atoms with Crippen molar-refractivity contribution in [3.8, 4) is 5.75 Å². The van der Waals surface area contributed by atoms with Gasteiger partial charge in [0, 0.05) is 34.2 Å². The van der Waals surface area contributed by atoms with Crippen molar-refractivity contribution in [1.29, 1.82) is 0 Å². The highest BCUT2D eigenvalue weighted by molar-refractivity contribution is 9.10. The molecule has 0 saturated heterocycles. The minimum atomic E-state index is -0.723. The highest BCUT2D eigenvalue weighted by Gasteiger charge is 2.32. The maximum Gasteiger partial charge on any atom is 0.312 e. The fourth-order valence-electron chi connectivity index (χ4n) is 1.50. The third-order valence-electron chi connectivity index (χ3n) is 2.87. The fourth-order valence-corrected chi connectivity index (χ4v) is 1.96. The second-order valence-electron chi connectivity index (χ2n) is 4.74. The molecule has 1 rings (SSSR count). The Hall–Kier alpha value is -0.890. The third-order valence-corrected chi connectivity index (χ3v) is 3.32. The van der Waals surface area contributed by atoms with Crippen LogP contribution in [0.4, 0.5) is 5.69 Å². The van der Waals surface area contributed by atoms with Gasteiger partial charge in [0.15, 0.2) is 5.75 Å². The molecular weight excluding hydrogens is 339 g/mol. The predicted molar refractivity (Wildman–Crippen MR) is 77.5 cm³/mol. The molecule has 0 aromatic heterocycles. The topological polar surface area (TPSA) is 110 Å². The molecule has 1 atom stereocenters. The summed E-state index contributed by atoms with van der Waals surface area (Å²) in [5, 5.41) is 29.9. The molecule has 0 aliphatic rings. The summed E-state index contributed by atoms with van der Waals surface area (Å²) >= 11 is 3.14. The van der Waals surface area contributed by atoms with Crippen molar-refractivity contribution in [3.63, 3.8) is 0 Å². The number of nitro benzene ring substituents is 1. The lowest BCUT2D eigenvalue weighted by Gasteiger charge is -2.30. The maximum atomic E-state index is 10.8. The van der Waals surface area contributed by atoms with Gasteiger partial charge in [-0.25, -0.2) is 0 Å². The zero-order valence-electron chi connectivity index (χ0n) is 10.5. The summed E-state index contributed by atoms with van der Waals surface area (Å²) in [5.74, 6) is -0.461. The molecule has 108 valence electrons. The van der Waals surface area contributed by atoms with Crippen LogP contribution >= 0.6 is 28.3 Å². The number of phenols is 1. The van der Waals surface area contributed by atoms with E-state index in [0.29, 0.717) is 4.47 Å². The lowest BCUT2D eigenvalue weighted by Crippen LogP contribution is -2.32. The van der Waals surface area contributed by atoms with Crippen molar-refractivity contribution in [3.05, 3.63) is 32.3 Å². The Bertz CT molecular complexity index is 482. The van der Waals surface area contributed by atoms with Gasteiger partial charge < -0.3 is 15.9 Å². The lowest BCUT2D eigenvalue weighted by molar-refractivity contribution is -0.386. The number of aromatic hydroxyl groups is 1. The molecule has 0 heterocycles. The first-order chi connectivity index (χ1) is 8.20. The van der Waals surface area contributed by atoms with Gasteiger partial charge >= 0.3 is 5.69 Å². The first-order valence-electron chi connectivity index (χ1n) is 5.24. The third kappa shape index (κ3) is 3.79. The highest BCUT2D eigenvalue weighted by atomic mass is 79.9. The van der Waals surface area contributed by atoms with Crippen LogP contribution in [0.25, 0.3) is 0 Å². The number of aliphatic hydroxyl groups is 1. The van der Waals surface area contributed by atoms with Crippen LogP contribution < -0.4 is 5.73 Å². The number of rotatable bonds is 4. The van der Waals surface area contributed by atoms with Crippen molar-refractivity contribution in [1.82, 2.24) is 0 Å². The van der Waals surface area contributed by atoms with E-state index in [9.17, 15) is 20.3 Å². The zero-order valence-corrected chi connectivity index (χ0v) is 12.9. The van der Waals surface area contributed by atoms with E-state index in [1.807, 2.05) is 0 Å². The van der Waals surface area contributed by atoms with Crippen molar-refractivity contribution in [2.75, 3.05) is 6.61 Å². The molecule has 0 unspecified atom stereocenters. The monoisotopic (exact) mass is 354 g/mol. The summed E-state index contributed by atoms with van der Waals surface area (Å²) in [4.78, 5) is 10.1. The molecule has 1 aromatic carbocycles. The van der Waals surface area contributed by atoms with Gasteiger partial charge in [-0.15, -0.1) is 12.4 Å². The molecule has 0 saturated carbocycles. The molecule has 0 amide bonds. The van der Waals surface area contributed by atoms with Crippen LogP contribution in [0.2, 0.25) is 0 Å². The quantitative estimate of drug-likeness (QED) is 0.568. The SMILES string of the molecule is CC(C)(CO)[C@H](N)c1cc(Br)cc([N+](=O)[O-])c1O.Cl. The number of nitro groups is 1. The minimum absolute atomic E-state index is 0. The molecular formula is C11H16BrClN2O4. The van der Waals surface area contributed by atoms with E-state index in [0.717, 1.165) is 0 Å². The van der Waals surface area contributed by atoms with Crippen LogP contribution in [0.3, 0.4) is 0 Å². The van der Waals surface area contributed by atoms with Crippen LogP contribution in [0.1, 0.15) is 25.5 Å². The first kappa shape index (κ1) is 18.1. The van der Waals surface area contributed by atoms with Gasteiger partial charge in [0.2, 0.25) is 0 Å². The van der Waals surface area contributed by atoms with Gasteiger partial charge in [-0.05, 0) is 6.07 Å². The Morgan fingerprint density at radius 3 is 2.47 bits per heavy atom. The minimum Gasteiger partial charge on any atom is -0.502 e. The van der Waals surface area contributed by atoms with E-state index in [1.165, 1.54) is 12.1 Å². The molecule has 0 spiro atoms. The van der Waals surface area contributed by atoms with Gasteiger partial charge in [-0.3, -0.25) is 10.1 Å². The molecule has 6 nitrogen and oxygen atoms in total. The number of aliphatic hydroxyl groups excluding tert-OH is 1. The molecule has 8 heteroatoms. The number of phenolic OH excluding ortho intramolecular Hbond substituents is 1. The van der Waals surface area contributed by atoms with Crippen molar-refractivity contribution >= 4 is 34.0 Å². The standard InChI is InChI=1S/C11H15BrN2O4.ClH/c1-11(2,5-15)10(13)7-3-6(12)4-8(9(7)16)14(17)18;/h3-4,10,15-16H,5,13H2,1-2H3;1H/t10-;/m1./s1. The molecule has 19 heavy (non-hydrogen) atoms. The van der Waals surface area contributed by atoms with Gasteiger partial charge in [-0.2, -0.15) is 0 Å². The van der Waals surface area contributed by atoms with E-state index < -0.39 is 27.8 Å². The fraction of sp³-hybridized carbons (Fsp3) is 0.455. The number of nitrogens with two attached hydrogens (primary N) is 1. The number of hydrogen-bond donors (Lipinski definition) is 3. The van der Waals surface area contributed by atoms with E-state index >= 15 is 0 Å². The summed E-state index contributed by atoms with van der Waals surface area (Å²) in [6.45, 7) is 3.22. The van der Waals surface area contributed by atoms with E-state index in [-0.39, 0.29) is 24.6 Å². The molecule has 1 aromatic rings. The van der Waals surface area contributed by atoms with Crippen LogP contribution in [-0.2, 0) is 0 Å². The molecule has 0 radical (unpaired) electrons. The second kappa shape index (κ2) is 6.51. The number of hydrogen-bond acceptors (Lipinski definition) is 5. The second-order valence-corrected chi connectivity index (χ2v) is 5.66. The highest BCUT2D eigenvalue weighted by Crippen LogP contribution is 2.41. The van der Waals surface area contributed by atoms with Crippen molar-refractivity contribution in [2.45, 2.75) is 19.9 Å². The molecule has 0 bridgehead atoms. The first-order valence-corrected chi connectivity index (χ1v) is 6.03. The van der Waals surface area contributed by atoms with Crippen molar-refractivity contribution < 1.29 is 15.1 Å². The number of halogens is 2. The van der Waals surface area contributed by atoms with Crippen molar-refractivity contribution in [2.24, 2.45) is 11.1 Å². The Morgan fingerprint density at radius 2 is 2.05 bits per heavy atom. The summed E-state index contributed by atoms with van der Waals surface area (Å²) < 4.78 is 0.450. The molecule has 0 aliphatic carbocycles. The normalized spacial score (nSPS) is 12.7. The summed E-state index contributed by atoms with van der Waals surface area (Å²) in [6.07, 6.45) is 0. The predicted octanol–water partition coefficient (Wildman–Crippen LogP) is 2.50. The van der Waals surface area contributed by atoms with Gasteiger partial charge in [0.25, 0.3) is 0 Å². The van der Waals surface area contributed by atoms with E-state index in [2.05, 4.69) is 15.9 Å². The van der Waals surface area contributed by atoms with Crippen LogP contribution in [0, 0.1) is 15.5 Å². The van der Waals surface area contributed by atoms with Crippen LogP contribution in [-0.4, -0.2) is 21.7 Å². The average Bonchev–Trinajstić information content (AvgIpc) is 2.30. The lowest BCUT2D eigenvalue weighted by atomic mass is 9.81. The summed E-state index contributed by atoms with van der Waals surface area (Å²) in [7, 11) is 0. The summed E-state index contributed by atoms with van der Waals surface area (Å²) in [6, 6.07) is 2.00. The average molecular weight is 356 g/mol. The Kier molecular flexibility index (Phi) is 6.21. The largest absolute Gasteiger partial charge is 0.502 e. The van der Waals surface area contributed by atoms with E-state index in [1.54, 1.807) is 13.8 Å². The van der Waals surface area contributed by atoms with Gasteiger partial charge in [-0.1, -0.05) is 29.8 Å².